The molecule has 122 valence electrons. The van der Waals surface area contributed by atoms with Gasteiger partial charge in [-0.15, -0.1) is 13.2 Å². The van der Waals surface area contributed by atoms with Crippen molar-refractivity contribution in [2.45, 2.75) is 13.0 Å². The molecule has 4 nitrogen and oxygen atoms in total. The molecule has 0 aliphatic carbocycles. The van der Waals surface area contributed by atoms with Crippen LogP contribution in [0, 0.1) is 0 Å². The number of benzene rings is 2. The molecule has 0 aromatic heterocycles. The van der Waals surface area contributed by atoms with Gasteiger partial charge in [-0.05, 0) is 29.8 Å². The number of hydrogen-bond acceptors (Lipinski definition) is 3. The lowest BCUT2D eigenvalue weighted by atomic mass is 10.1. The molecule has 23 heavy (non-hydrogen) atoms. The van der Waals surface area contributed by atoms with Crippen molar-refractivity contribution in [3.63, 3.8) is 0 Å². The maximum atomic E-state index is 12.4. The lowest BCUT2D eigenvalue weighted by Crippen LogP contribution is -2.19. The molecule has 0 bridgehead atoms. The number of rotatable bonds is 5. The summed E-state index contributed by atoms with van der Waals surface area (Å²) in [7, 11) is 1.53. The molecule has 1 N–H and O–H groups in total. The van der Waals surface area contributed by atoms with E-state index in [0.717, 1.165) is 11.6 Å². The van der Waals surface area contributed by atoms with Gasteiger partial charge in [0.05, 0.1) is 12.3 Å². The monoisotopic (exact) mass is 325 g/mol. The average Bonchev–Trinajstić information content (AvgIpc) is 2.48. The Morgan fingerprint density at radius 2 is 1.87 bits per heavy atom. The van der Waals surface area contributed by atoms with Gasteiger partial charge in [0.2, 0.25) is 0 Å². The molecule has 0 radical (unpaired) electrons. The molecule has 2 aromatic carbocycles. The molecule has 0 aliphatic rings. The molecule has 0 heterocycles. The third-order valence-electron chi connectivity index (χ3n) is 2.86. The van der Waals surface area contributed by atoms with Gasteiger partial charge in [-0.1, -0.05) is 24.3 Å². The molecule has 0 saturated carbocycles. The number of nitrogens with one attached hydrogen (secondary N) is 1. The topological polar surface area (TPSA) is 47.6 Å². The second kappa shape index (κ2) is 7.15. The molecule has 0 fully saturated rings. The minimum atomic E-state index is -4.83. The first-order valence-electron chi connectivity index (χ1n) is 6.63. The van der Waals surface area contributed by atoms with Crippen molar-refractivity contribution in [1.82, 2.24) is 0 Å². The van der Waals surface area contributed by atoms with Gasteiger partial charge in [0.1, 0.15) is 0 Å². The Labute approximate surface area is 130 Å². The first-order valence-corrected chi connectivity index (χ1v) is 6.63. The fourth-order valence-corrected chi connectivity index (χ4v) is 1.95. The Bertz CT molecular complexity index is 686. The fraction of sp³-hybridized carbons (Fsp3) is 0.188. The predicted molar refractivity (Wildman–Crippen MR) is 78.2 cm³/mol. The molecule has 1 amide bonds. The van der Waals surface area contributed by atoms with Gasteiger partial charge >= 0.3 is 6.36 Å². The van der Waals surface area contributed by atoms with Crippen molar-refractivity contribution in [2.75, 3.05) is 12.4 Å². The number of carbonyl (C=O) groups excluding carboxylic acids is 1. The number of para-hydroxylation sites is 2. The van der Waals surface area contributed by atoms with Gasteiger partial charge in [-0.25, -0.2) is 0 Å². The molecule has 0 unspecified atom stereocenters. The van der Waals surface area contributed by atoms with Crippen LogP contribution >= 0.6 is 0 Å². The number of carbonyl (C=O) groups is 1. The van der Waals surface area contributed by atoms with Crippen molar-refractivity contribution in [1.29, 1.82) is 0 Å². The summed E-state index contributed by atoms with van der Waals surface area (Å²) < 4.78 is 46.0. The normalized spacial score (nSPS) is 11.1. The van der Waals surface area contributed by atoms with Gasteiger partial charge in [0, 0.05) is 12.7 Å². The second-order valence-electron chi connectivity index (χ2n) is 4.63. The van der Waals surface area contributed by atoms with E-state index in [-0.39, 0.29) is 5.69 Å². The molecular weight excluding hydrogens is 311 g/mol. The molecule has 2 aromatic rings. The summed E-state index contributed by atoms with van der Waals surface area (Å²) in [6, 6.07) is 12.0. The third-order valence-corrected chi connectivity index (χ3v) is 2.86. The molecule has 2 rings (SSSR count). The minimum Gasteiger partial charge on any atom is -0.404 e. The smallest absolute Gasteiger partial charge is 0.404 e. The number of amides is 1. The van der Waals surface area contributed by atoms with Gasteiger partial charge in [-0.2, -0.15) is 0 Å². The van der Waals surface area contributed by atoms with Crippen LogP contribution in [0.5, 0.6) is 5.75 Å². The van der Waals surface area contributed by atoms with E-state index in [0.29, 0.717) is 12.2 Å². The highest BCUT2D eigenvalue weighted by Crippen LogP contribution is 2.30. The van der Waals surface area contributed by atoms with Crippen molar-refractivity contribution in [3.8, 4) is 5.75 Å². The van der Waals surface area contributed by atoms with Crippen LogP contribution in [0.25, 0.3) is 0 Å². The number of hydrogen-bond donors (Lipinski definition) is 1. The maximum Gasteiger partial charge on any atom is 0.573 e. The van der Waals surface area contributed by atoms with E-state index in [9.17, 15) is 18.0 Å². The predicted octanol–water partition coefficient (Wildman–Crippen LogP) is 3.98. The zero-order valence-corrected chi connectivity index (χ0v) is 12.2. The van der Waals surface area contributed by atoms with Gasteiger partial charge < -0.3 is 14.8 Å². The highest BCUT2D eigenvalue weighted by molar-refractivity contribution is 6.05. The Morgan fingerprint density at radius 1 is 1.13 bits per heavy atom. The average molecular weight is 325 g/mol. The summed E-state index contributed by atoms with van der Waals surface area (Å²) in [5.74, 6) is -1.01. The highest BCUT2D eigenvalue weighted by Gasteiger charge is 2.32. The standard InChI is InChI=1S/C16H14F3NO3/c1-22-10-11-5-4-6-12(9-11)15(21)20-13-7-2-3-8-14(13)23-16(17,18)19/h2-9H,10H2,1H3,(H,20,21). The van der Waals surface area contributed by atoms with Crippen LogP contribution in [-0.2, 0) is 11.3 Å². The van der Waals surface area contributed by atoms with Gasteiger partial charge in [-0.3, -0.25) is 4.79 Å². The SMILES string of the molecule is COCc1cccc(C(=O)Nc2ccccc2OC(F)(F)F)c1. The fourth-order valence-electron chi connectivity index (χ4n) is 1.95. The van der Waals surface area contributed by atoms with Crippen LogP contribution < -0.4 is 10.1 Å². The van der Waals surface area contributed by atoms with Crippen LogP contribution in [0.3, 0.4) is 0 Å². The quantitative estimate of drug-likeness (QED) is 0.904. The maximum absolute atomic E-state index is 12.4. The zero-order chi connectivity index (χ0) is 16.9. The zero-order valence-electron chi connectivity index (χ0n) is 12.2. The molecule has 0 atom stereocenters. The minimum absolute atomic E-state index is 0.0630. The molecule has 0 spiro atoms. The summed E-state index contributed by atoms with van der Waals surface area (Å²) in [5.41, 5.74) is 1.02. The number of halogens is 3. The van der Waals surface area contributed by atoms with E-state index in [1.165, 1.54) is 25.3 Å². The largest absolute Gasteiger partial charge is 0.573 e. The van der Waals surface area contributed by atoms with Crippen molar-refractivity contribution in [2.24, 2.45) is 0 Å². The Hall–Kier alpha value is -2.54. The van der Waals surface area contributed by atoms with E-state index < -0.39 is 18.0 Å². The van der Waals surface area contributed by atoms with Crippen molar-refractivity contribution >= 4 is 11.6 Å². The Kier molecular flexibility index (Phi) is 5.23. The third kappa shape index (κ3) is 5.00. The summed E-state index contributed by atoms with van der Waals surface area (Å²) in [6.45, 7) is 0.328. The van der Waals surface area contributed by atoms with E-state index >= 15 is 0 Å². The van der Waals surface area contributed by atoms with Crippen LogP contribution in [0.1, 0.15) is 15.9 Å². The summed E-state index contributed by atoms with van der Waals surface area (Å²) in [6.07, 6.45) is -4.83. The highest BCUT2D eigenvalue weighted by atomic mass is 19.4. The summed E-state index contributed by atoms with van der Waals surface area (Å²) in [4.78, 5) is 12.2. The molecule has 0 saturated heterocycles. The van der Waals surface area contributed by atoms with Crippen molar-refractivity contribution in [3.05, 3.63) is 59.7 Å². The summed E-state index contributed by atoms with van der Waals surface area (Å²) >= 11 is 0. The van der Waals surface area contributed by atoms with Crippen LogP contribution in [0.4, 0.5) is 18.9 Å². The molecule has 7 heteroatoms. The van der Waals surface area contributed by atoms with Gasteiger partial charge in [0.25, 0.3) is 5.91 Å². The van der Waals surface area contributed by atoms with E-state index in [2.05, 4.69) is 10.1 Å². The lowest BCUT2D eigenvalue weighted by molar-refractivity contribution is -0.274. The second-order valence-corrected chi connectivity index (χ2v) is 4.63. The molecule has 0 aliphatic heterocycles. The van der Waals surface area contributed by atoms with E-state index in [1.807, 2.05) is 0 Å². The molecular formula is C16H14F3NO3. The first kappa shape index (κ1) is 16.8. The Balaban J connectivity index is 2.19. The first-order chi connectivity index (χ1) is 10.9. The number of alkyl halides is 3. The number of methoxy groups -OCH3 is 1. The number of ether oxygens (including phenoxy) is 2. The number of anilines is 1. The van der Waals surface area contributed by atoms with Gasteiger partial charge in [0.15, 0.2) is 5.75 Å². The summed E-state index contributed by atoms with van der Waals surface area (Å²) in [5, 5.41) is 2.41. The lowest BCUT2D eigenvalue weighted by Gasteiger charge is -2.14. The van der Waals surface area contributed by atoms with Crippen LogP contribution in [0.2, 0.25) is 0 Å². The van der Waals surface area contributed by atoms with E-state index in [1.54, 1.807) is 24.3 Å². The van der Waals surface area contributed by atoms with Crippen LogP contribution in [-0.4, -0.2) is 19.4 Å². The van der Waals surface area contributed by atoms with Crippen molar-refractivity contribution < 1.29 is 27.4 Å². The van der Waals surface area contributed by atoms with E-state index in [4.69, 9.17) is 4.74 Å². The van der Waals surface area contributed by atoms with Crippen LogP contribution in [0.15, 0.2) is 48.5 Å². The Morgan fingerprint density at radius 3 is 2.57 bits per heavy atom.